The molecular formula is C16H24N6O2. The molecule has 3 heterocycles. The first-order valence-corrected chi connectivity index (χ1v) is 8.32. The van der Waals surface area contributed by atoms with Gasteiger partial charge in [0, 0.05) is 51.2 Å². The van der Waals surface area contributed by atoms with E-state index in [-0.39, 0.29) is 5.91 Å². The van der Waals surface area contributed by atoms with E-state index >= 15 is 0 Å². The number of nitrogens with one attached hydrogen (secondary N) is 1. The van der Waals surface area contributed by atoms with Crippen LogP contribution in [0.25, 0.3) is 0 Å². The fourth-order valence-corrected chi connectivity index (χ4v) is 2.90. The highest BCUT2D eigenvalue weighted by Gasteiger charge is 2.20. The average Bonchev–Trinajstić information content (AvgIpc) is 3.18. The van der Waals surface area contributed by atoms with E-state index in [4.69, 9.17) is 4.52 Å². The van der Waals surface area contributed by atoms with E-state index < -0.39 is 0 Å². The molecule has 1 saturated heterocycles. The van der Waals surface area contributed by atoms with Crippen molar-refractivity contribution in [3.05, 3.63) is 30.0 Å². The first-order chi connectivity index (χ1) is 11.6. The first kappa shape index (κ1) is 16.7. The summed E-state index contributed by atoms with van der Waals surface area (Å²) >= 11 is 0. The third kappa shape index (κ3) is 4.21. The topological polar surface area (TPSA) is 79.4 Å². The summed E-state index contributed by atoms with van der Waals surface area (Å²) in [6, 6.07) is 1.71. The summed E-state index contributed by atoms with van der Waals surface area (Å²) in [4.78, 5) is 21.0. The smallest absolute Gasteiger partial charge is 0.239 e. The van der Waals surface area contributed by atoms with Gasteiger partial charge in [-0.15, -0.1) is 0 Å². The number of aromatic nitrogens is 3. The molecule has 8 heteroatoms. The van der Waals surface area contributed by atoms with Crippen LogP contribution < -0.4 is 5.32 Å². The zero-order valence-corrected chi connectivity index (χ0v) is 14.2. The second-order valence-corrected chi connectivity index (χ2v) is 6.05. The van der Waals surface area contributed by atoms with E-state index in [1.54, 1.807) is 13.0 Å². The van der Waals surface area contributed by atoms with Gasteiger partial charge < -0.3 is 14.4 Å². The highest BCUT2D eigenvalue weighted by atomic mass is 16.5. The van der Waals surface area contributed by atoms with Crippen molar-refractivity contribution in [2.45, 2.75) is 26.9 Å². The normalized spacial score (nSPS) is 16.4. The predicted molar refractivity (Wildman–Crippen MR) is 89.5 cm³/mol. The fourth-order valence-electron chi connectivity index (χ4n) is 2.90. The molecule has 0 bridgehead atoms. The van der Waals surface area contributed by atoms with Crippen LogP contribution in [0.1, 0.15) is 18.5 Å². The Morgan fingerprint density at radius 3 is 2.71 bits per heavy atom. The van der Waals surface area contributed by atoms with Gasteiger partial charge in [-0.05, 0) is 13.8 Å². The Bertz CT molecular complexity index is 672. The zero-order valence-electron chi connectivity index (χ0n) is 14.2. The molecule has 0 unspecified atom stereocenters. The second kappa shape index (κ2) is 7.59. The molecule has 1 aliphatic rings. The molecule has 0 aromatic carbocycles. The number of anilines is 1. The summed E-state index contributed by atoms with van der Waals surface area (Å²) in [5.74, 6) is 2.20. The van der Waals surface area contributed by atoms with E-state index in [0.29, 0.717) is 18.1 Å². The van der Waals surface area contributed by atoms with E-state index in [1.165, 1.54) is 0 Å². The van der Waals surface area contributed by atoms with Crippen LogP contribution in [-0.4, -0.2) is 63.1 Å². The number of piperazine rings is 1. The van der Waals surface area contributed by atoms with Crippen molar-refractivity contribution in [1.29, 1.82) is 0 Å². The molecule has 8 nitrogen and oxygen atoms in total. The van der Waals surface area contributed by atoms with Crippen LogP contribution >= 0.6 is 0 Å². The van der Waals surface area contributed by atoms with Crippen molar-refractivity contribution < 1.29 is 9.32 Å². The van der Waals surface area contributed by atoms with Crippen LogP contribution in [0.15, 0.2) is 23.0 Å². The standard InChI is InChI=1S/C16H24N6O2/c1-3-22-5-4-17-15(22)11-20-6-8-21(9-7-20)12-16(23)18-14-10-13(2)24-19-14/h4-5,10H,3,6-9,11-12H2,1-2H3,(H,18,19,23). The molecule has 2 aromatic rings. The lowest BCUT2D eigenvalue weighted by atomic mass is 10.3. The zero-order chi connectivity index (χ0) is 16.9. The van der Waals surface area contributed by atoms with Crippen LogP contribution in [0.3, 0.4) is 0 Å². The molecule has 1 aliphatic heterocycles. The van der Waals surface area contributed by atoms with Gasteiger partial charge in [-0.25, -0.2) is 4.98 Å². The van der Waals surface area contributed by atoms with Crippen molar-refractivity contribution in [2.75, 3.05) is 38.0 Å². The molecule has 2 aromatic heterocycles. The summed E-state index contributed by atoms with van der Waals surface area (Å²) < 4.78 is 7.11. The van der Waals surface area contributed by atoms with Gasteiger partial charge in [0.25, 0.3) is 0 Å². The van der Waals surface area contributed by atoms with E-state index in [2.05, 4.69) is 36.7 Å². The van der Waals surface area contributed by atoms with Crippen molar-refractivity contribution in [1.82, 2.24) is 24.5 Å². The summed E-state index contributed by atoms with van der Waals surface area (Å²) in [6.07, 6.45) is 3.87. The lowest BCUT2D eigenvalue weighted by Crippen LogP contribution is -2.48. The van der Waals surface area contributed by atoms with E-state index in [1.807, 2.05) is 12.4 Å². The molecule has 0 aliphatic carbocycles. The Hall–Kier alpha value is -2.19. The number of carbonyl (C=O) groups is 1. The minimum Gasteiger partial charge on any atom is -0.360 e. The average molecular weight is 332 g/mol. The maximum absolute atomic E-state index is 12.0. The minimum atomic E-state index is -0.0572. The molecule has 1 fully saturated rings. The Morgan fingerprint density at radius 2 is 2.04 bits per heavy atom. The third-order valence-corrected chi connectivity index (χ3v) is 4.24. The Labute approximate surface area is 141 Å². The highest BCUT2D eigenvalue weighted by molar-refractivity contribution is 5.91. The fraction of sp³-hybridized carbons (Fsp3) is 0.562. The largest absolute Gasteiger partial charge is 0.360 e. The Kier molecular flexibility index (Phi) is 5.27. The quantitative estimate of drug-likeness (QED) is 0.849. The number of carbonyl (C=O) groups excluding carboxylic acids is 1. The van der Waals surface area contributed by atoms with Gasteiger partial charge in [-0.1, -0.05) is 5.16 Å². The van der Waals surface area contributed by atoms with Gasteiger partial charge >= 0.3 is 0 Å². The molecule has 1 N–H and O–H groups in total. The van der Waals surface area contributed by atoms with Gasteiger partial charge in [-0.3, -0.25) is 14.6 Å². The molecule has 3 rings (SSSR count). The number of imidazole rings is 1. The van der Waals surface area contributed by atoms with Gasteiger partial charge in [0.15, 0.2) is 5.82 Å². The molecule has 0 saturated carbocycles. The first-order valence-electron chi connectivity index (χ1n) is 8.32. The molecule has 0 atom stereocenters. The lowest BCUT2D eigenvalue weighted by molar-refractivity contribution is -0.117. The number of nitrogens with zero attached hydrogens (tertiary/aromatic N) is 5. The molecular weight excluding hydrogens is 308 g/mol. The summed E-state index contributed by atoms with van der Waals surface area (Å²) in [7, 11) is 0. The van der Waals surface area contributed by atoms with Gasteiger partial charge in [-0.2, -0.15) is 0 Å². The number of amides is 1. The lowest BCUT2D eigenvalue weighted by Gasteiger charge is -2.34. The van der Waals surface area contributed by atoms with Crippen LogP contribution in [0.4, 0.5) is 5.82 Å². The van der Waals surface area contributed by atoms with Crippen LogP contribution in [0, 0.1) is 6.92 Å². The second-order valence-electron chi connectivity index (χ2n) is 6.05. The van der Waals surface area contributed by atoms with Crippen molar-refractivity contribution >= 4 is 11.7 Å². The molecule has 130 valence electrons. The number of hydrogen-bond acceptors (Lipinski definition) is 6. The molecule has 24 heavy (non-hydrogen) atoms. The monoisotopic (exact) mass is 332 g/mol. The van der Waals surface area contributed by atoms with Gasteiger partial charge in [0.1, 0.15) is 11.6 Å². The Morgan fingerprint density at radius 1 is 1.29 bits per heavy atom. The number of aryl methyl sites for hydroxylation is 2. The van der Waals surface area contributed by atoms with E-state index in [9.17, 15) is 4.79 Å². The van der Waals surface area contributed by atoms with Crippen molar-refractivity contribution in [3.63, 3.8) is 0 Å². The molecule has 0 radical (unpaired) electrons. The molecule has 0 spiro atoms. The van der Waals surface area contributed by atoms with E-state index in [0.717, 1.165) is 45.1 Å². The summed E-state index contributed by atoms with van der Waals surface area (Å²) in [5, 5.41) is 6.54. The van der Waals surface area contributed by atoms with Crippen LogP contribution in [-0.2, 0) is 17.9 Å². The van der Waals surface area contributed by atoms with Crippen LogP contribution in [0.2, 0.25) is 0 Å². The summed E-state index contributed by atoms with van der Waals surface area (Å²) in [5.41, 5.74) is 0. The van der Waals surface area contributed by atoms with Gasteiger partial charge in [0.05, 0.1) is 13.1 Å². The maximum atomic E-state index is 12.0. The highest BCUT2D eigenvalue weighted by Crippen LogP contribution is 2.09. The van der Waals surface area contributed by atoms with Crippen molar-refractivity contribution in [3.8, 4) is 0 Å². The minimum absolute atomic E-state index is 0.0572. The third-order valence-electron chi connectivity index (χ3n) is 4.24. The number of rotatable bonds is 6. The van der Waals surface area contributed by atoms with Crippen molar-refractivity contribution in [2.24, 2.45) is 0 Å². The maximum Gasteiger partial charge on any atom is 0.239 e. The number of hydrogen-bond donors (Lipinski definition) is 1. The SMILES string of the molecule is CCn1ccnc1CN1CCN(CC(=O)Nc2cc(C)on2)CC1. The van der Waals surface area contributed by atoms with Crippen LogP contribution in [0.5, 0.6) is 0 Å². The molecule has 1 amide bonds. The summed E-state index contributed by atoms with van der Waals surface area (Å²) in [6.45, 7) is 9.72. The Balaban J connectivity index is 1.42. The van der Waals surface area contributed by atoms with Gasteiger partial charge in [0.2, 0.25) is 5.91 Å². The predicted octanol–water partition coefficient (Wildman–Crippen LogP) is 0.956.